The minimum Gasteiger partial charge on any atom is -0.379 e. The third-order valence-corrected chi connectivity index (χ3v) is 0.899. The molecule has 0 aliphatic carbocycles. The van der Waals surface area contributed by atoms with E-state index >= 15 is 0 Å². The summed E-state index contributed by atoms with van der Waals surface area (Å²) in [7, 11) is 1.78. The Bertz CT molecular complexity index is 58.6. The van der Waals surface area contributed by atoms with Crippen LogP contribution in [-0.4, -0.2) is 7.05 Å². The van der Waals surface area contributed by atoms with Gasteiger partial charge in [0, 0.05) is 7.05 Å². The lowest BCUT2D eigenvalue weighted by molar-refractivity contribution is 1.07. The van der Waals surface area contributed by atoms with Crippen LogP contribution in [0.5, 0.6) is 0 Å². The molecule has 0 heterocycles. The van der Waals surface area contributed by atoms with E-state index < -0.39 is 0 Å². The highest BCUT2D eigenvalue weighted by atomic mass is 35.5. The zero-order valence-electron chi connectivity index (χ0n) is 3.96. The molecule has 0 aromatic rings. The molecular formula is C4H8ClN. The molecule has 0 saturated carbocycles. The molecule has 0 unspecified atom stereocenters. The molecule has 0 amide bonds. The lowest BCUT2D eigenvalue weighted by Crippen LogP contribution is -1.97. The summed E-state index contributed by atoms with van der Waals surface area (Å²) in [4.78, 5) is 0. The van der Waals surface area contributed by atoms with Crippen LogP contribution in [0.2, 0.25) is 0 Å². The fourth-order valence-electron chi connectivity index (χ4n) is 0.144. The van der Waals surface area contributed by atoms with Gasteiger partial charge in [-0.2, -0.15) is 0 Å². The Hall–Kier alpha value is -0.170. The van der Waals surface area contributed by atoms with Crippen LogP contribution in [0.3, 0.4) is 0 Å². The number of halogens is 1. The van der Waals surface area contributed by atoms with Gasteiger partial charge in [-0.05, 0) is 6.92 Å². The van der Waals surface area contributed by atoms with Gasteiger partial charge < -0.3 is 5.32 Å². The Morgan fingerprint density at radius 1 is 1.83 bits per heavy atom. The molecule has 1 nitrogen and oxygen atoms in total. The molecule has 0 fully saturated rings. The van der Waals surface area contributed by atoms with Crippen molar-refractivity contribution in [2.45, 2.75) is 6.92 Å². The van der Waals surface area contributed by atoms with E-state index in [4.69, 9.17) is 11.6 Å². The van der Waals surface area contributed by atoms with Crippen molar-refractivity contribution in [3.63, 3.8) is 0 Å². The maximum absolute atomic E-state index is 5.40. The molecule has 0 aromatic carbocycles. The summed E-state index contributed by atoms with van der Waals surface area (Å²) in [5, 5.41) is 3.43. The average Bonchev–Trinajstić information content (AvgIpc) is 1.65. The Kier molecular flexibility index (Phi) is 2.95. The lowest BCUT2D eigenvalue weighted by Gasteiger charge is -1.88. The molecule has 0 atom stereocenters. The Morgan fingerprint density at radius 2 is 2.33 bits per heavy atom. The standard InChI is InChI=1S/C4H8ClN/c1-3-4(5)6-2/h3,6H,1-2H3/b4-3-. The first-order valence-corrected chi connectivity index (χ1v) is 2.18. The van der Waals surface area contributed by atoms with Crippen LogP contribution in [-0.2, 0) is 0 Å². The zero-order valence-corrected chi connectivity index (χ0v) is 4.71. The van der Waals surface area contributed by atoms with Crippen molar-refractivity contribution >= 4 is 11.6 Å². The van der Waals surface area contributed by atoms with Crippen molar-refractivity contribution in [1.29, 1.82) is 0 Å². The molecule has 1 N–H and O–H groups in total. The summed E-state index contributed by atoms with van der Waals surface area (Å²) in [6, 6.07) is 0. The molecule has 0 bridgehead atoms. The predicted octanol–water partition coefficient (Wildman–Crippen LogP) is 1.31. The van der Waals surface area contributed by atoms with Crippen LogP contribution < -0.4 is 5.32 Å². The van der Waals surface area contributed by atoms with Gasteiger partial charge in [-0.1, -0.05) is 17.7 Å². The van der Waals surface area contributed by atoms with Gasteiger partial charge in [0.1, 0.15) is 0 Å². The first-order chi connectivity index (χ1) is 2.81. The largest absolute Gasteiger partial charge is 0.379 e. The summed E-state index contributed by atoms with van der Waals surface area (Å²) in [6.45, 7) is 1.87. The zero-order chi connectivity index (χ0) is 4.99. The average molecular weight is 106 g/mol. The summed E-state index contributed by atoms with van der Waals surface area (Å²) >= 11 is 5.40. The molecular weight excluding hydrogens is 97.5 g/mol. The third-order valence-electron chi connectivity index (χ3n) is 0.492. The molecule has 0 saturated heterocycles. The highest BCUT2D eigenvalue weighted by Gasteiger charge is 1.73. The second-order valence-electron chi connectivity index (χ2n) is 0.887. The number of allylic oxidation sites excluding steroid dienone is 1. The van der Waals surface area contributed by atoms with Crippen molar-refractivity contribution in [3.8, 4) is 0 Å². The van der Waals surface area contributed by atoms with Crippen molar-refractivity contribution in [2.24, 2.45) is 0 Å². The summed E-state index contributed by atoms with van der Waals surface area (Å²) < 4.78 is 0. The normalized spacial score (nSPS) is 11.5. The maximum Gasteiger partial charge on any atom is 0.0972 e. The fourth-order valence-corrected chi connectivity index (χ4v) is 0.144. The van der Waals surface area contributed by atoms with Gasteiger partial charge in [-0.3, -0.25) is 0 Å². The Morgan fingerprint density at radius 3 is 2.33 bits per heavy atom. The molecule has 0 aliphatic rings. The van der Waals surface area contributed by atoms with Crippen LogP contribution in [0.15, 0.2) is 11.2 Å². The van der Waals surface area contributed by atoms with Gasteiger partial charge in [0.25, 0.3) is 0 Å². The molecule has 6 heavy (non-hydrogen) atoms. The van der Waals surface area contributed by atoms with E-state index in [1.54, 1.807) is 13.1 Å². The molecule has 0 rings (SSSR count). The van der Waals surface area contributed by atoms with Crippen molar-refractivity contribution in [3.05, 3.63) is 11.2 Å². The van der Waals surface area contributed by atoms with E-state index in [1.165, 1.54) is 0 Å². The van der Waals surface area contributed by atoms with E-state index in [0.717, 1.165) is 0 Å². The van der Waals surface area contributed by atoms with Gasteiger partial charge in [0.05, 0.1) is 5.16 Å². The number of hydrogen-bond donors (Lipinski definition) is 1. The molecule has 0 radical (unpaired) electrons. The summed E-state index contributed by atoms with van der Waals surface area (Å²) in [5.74, 6) is 0. The first-order valence-electron chi connectivity index (χ1n) is 1.81. The van der Waals surface area contributed by atoms with E-state index in [1.807, 2.05) is 6.92 Å². The fraction of sp³-hybridized carbons (Fsp3) is 0.500. The maximum atomic E-state index is 5.40. The smallest absolute Gasteiger partial charge is 0.0972 e. The minimum absolute atomic E-state index is 0.690. The van der Waals surface area contributed by atoms with Crippen molar-refractivity contribution in [2.75, 3.05) is 7.05 Å². The summed E-state index contributed by atoms with van der Waals surface area (Å²) in [6.07, 6.45) is 1.79. The lowest BCUT2D eigenvalue weighted by atomic mass is 10.7. The van der Waals surface area contributed by atoms with Crippen LogP contribution in [0.25, 0.3) is 0 Å². The number of nitrogens with one attached hydrogen (secondary N) is 1. The minimum atomic E-state index is 0.690. The number of hydrogen-bond acceptors (Lipinski definition) is 1. The Labute approximate surface area is 43.0 Å². The van der Waals surface area contributed by atoms with E-state index in [2.05, 4.69) is 5.32 Å². The molecule has 0 aromatic heterocycles. The summed E-state index contributed by atoms with van der Waals surface area (Å²) in [5.41, 5.74) is 0. The molecule has 36 valence electrons. The predicted molar refractivity (Wildman–Crippen MR) is 28.7 cm³/mol. The van der Waals surface area contributed by atoms with Crippen LogP contribution in [0.1, 0.15) is 6.92 Å². The van der Waals surface area contributed by atoms with Crippen LogP contribution in [0, 0.1) is 0 Å². The van der Waals surface area contributed by atoms with Gasteiger partial charge in [-0.15, -0.1) is 0 Å². The van der Waals surface area contributed by atoms with Crippen LogP contribution in [0.4, 0.5) is 0 Å². The van der Waals surface area contributed by atoms with Crippen molar-refractivity contribution in [1.82, 2.24) is 5.32 Å². The molecule has 0 spiro atoms. The third kappa shape index (κ3) is 2.09. The van der Waals surface area contributed by atoms with Crippen LogP contribution >= 0.6 is 11.6 Å². The van der Waals surface area contributed by atoms with E-state index in [9.17, 15) is 0 Å². The van der Waals surface area contributed by atoms with Gasteiger partial charge in [0.15, 0.2) is 0 Å². The van der Waals surface area contributed by atoms with Crippen molar-refractivity contribution < 1.29 is 0 Å². The van der Waals surface area contributed by atoms with Gasteiger partial charge in [0.2, 0.25) is 0 Å². The van der Waals surface area contributed by atoms with E-state index in [0.29, 0.717) is 5.16 Å². The molecule has 2 heteroatoms. The highest BCUT2D eigenvalue weighted by Crippen LogP contribution is 1.89. The second-order valence-corrected chi connectivity index (χ2v) is 1.29. The quantitative estimate of drug-likeness (QED) is 0.496. The second kappa shape index (κ2) is 3.04. The monoisotopic (exact) mass is 105 g/mol. The highest BCUT2D eigenvalue weighted by molar-refractivity contribution is 6.29. The van der Waals surface area contributed by atoms with E-state index in [-0.39, 0.29) is 0 Å². The SMILES string of the molecule is C/C=C(/Cl)NC. The van der Waals surface area contributed by atoms with Gasteiger partial charge in [-0.25, -0.2) is 0 Å². The first kappa shape index (κ1) is 5.83. The molecule has 0 aliphatic heterocycles. The topological polar surface area (TPSA) is 12.0 Å². The van der Waals surface area contributed by atoms with Gasteiger partial charge >= 0.3 is 0 Å². The number of rotatable bonds is 1. The Balaban J connectivity index is 3.22.